The number of anilines is 1. The van der Waals surface area contributed by atoms with E-state index in [9.17, 15) is 0 Å². The van der Waals surface area contributed by atoms with Crippen LogP contribution in [0.5, 0.6) is 5.75 Å². The molecule has 0 amide bonds. The Morgan fingerprint density at radius 2 is 2.30 bits per heavy atom. The summed E-state index contributed by atoms with van der Waals surface area (Å²) >= 11 is 0. The Labute approximate surface area is 118 Å². The van der Waals surface area contributed by atoms with E-state index >= 15 is 0 Å². The van der Waals surface area contributed by atoms with E-state index in [2.05, 4.69) is 23.4 Å². The smallest absolute Gasteiger partial charge is 0.143 e. The third-order valence-corrected chi connectivity index (χ3v) is 2.95. The van der Waals surface area contributed by atoms with Crippen molar-refractivity contribution in [3.05, 3.63) is 41.7 Å². The molecule has 0 fully saturated rings. The van der Waals surface area contributed by atoms with E-state index in [0.717, 1.165) is 24.2 Å². The van der Waals surface area contributed by atoms with E-state index in [-0.39, 0.29) is 0 Å². The van der Waals surface area contributed by atoms with Gasteiger partial charge in [-0.05, 0) is 18.6 Å². The zero-order valence-corrected chi connectivity index (χ0v) is 11.8. The number of aromatic nitrogens is 2. The Kier molecular flexibility index (Phi) is 4.61. The van der Waals surface area contributed by atoms with Gasteiger partial charge in [0, 0.05) is 30.9 Å². The van der Waals surface area contributed by atoms with Gasteiger partial charge < -0.3 is 10.1 Å². The lowest BCUT2D eigenvalue weighted by atomic mass is 10.2. The van der Waals surface area contributed by atoms with Gasteiger partial charge in [0.1, 0.15) is 5.75 Å². The molecule has 0 saturated heterocycles. The fraction of sp³-hybridized carbons (Fsp3) is 0.333. The lowest BCUT2D eigenvalue weighted by Gasteiger charge is -2.10. The molecule has 2 aromatic rings. The van der Waals surface area contributed by atoms with Gasteiger partial charge in [0.05, 0.1) is 30.6 Å². The van der Waals surface area contributed by atoms with Crippen LogP contribution in [0, 0.1) is 11.3 Å². The van der Waals surface area contributed by atoms with Crippen LogP contribution in [0.2, 0.25) is 0 Å². The minimum atomic E-state index is 0.586. The second kappa shape index (κ2) is 6.62. The van der Waals surface area contributed by atoms with E-state index in [1.54, 1.807) is 19.2 Å². The summed E-state index contributed by atoms with van der Waals surface area (Å²) in [7, 11) is 1.60. The third kappa shape index (κ3) is 3.29. The molecule has 0 saturated carbocycles. The van der Waals surface area contributed by atoms with Crippen LogP contribution >= 0.6 is 0 Å². The maximum absolute atomic E-state index is 8.87. The molecular weight excluding hydrogens is 252 g/mol. The Balaban J connectivity index is 2.04. The van der Waals surface area contributed by atoms with Crippen molar-refractivity contribution in [3.8, 4) is 11.8 Å². The highest BCUT2D eigenvalue weighted by Gasteiger charge is 2.05. The largest absolute Gasteiger partial charge is 0.495 e. The summed E-state index contributed by atoms with van der Waals surface area (Å²) in [5.74, 6) is 0.671. The zero-order chi connectivity index (χ0) is 14.4. The van der Waals surface area contributed by atoms with Crippen molar-refractivity contribution in [1.82, 2.24) is 9.78 Å². The molecule has 5 heteroatoms. The van der Waals surface area contributed by atoms with Gasteiger partial charge in [-0.1, -0.05) is 6.92 Å². The molecule has 0 spiro atoms. The summed E-state index contributed by atoms with van der Waals surface area (Å²) in [6, 6.07) is 7.45. The van der Waals surface area contributed by atoms with Crippen LogP contribution in [-0.4, -0.2) is 16.9 Å². The topological polar surface area (TPSA) is 62.9 Å². The fourth-order valence-electron chi connectivity index (χ4n) is 1.95. The van der Waals surface area contributed by atoms with Gasteiger partial charge in [-0.3, -0.25) is 4.68 Å². The lowest BCUT2D eigenvalue weighted by Crippen LogP contribution is -2.01. The molecule has 0 aliphatic carbocycles. The second-order valence-electron chi connectivity index (χ2n) is 4.49. The first-order valence-corrected chi connectivity index (χ1v) is 6.60. The Morgan fingerprint density at radius 3 is 3.00 bits per heavy atom. The molecule has 0 radical (unpaired) electrons. The summed E-state index contributed by atoms with van der Waals surface area (Å²) in [5.41, 5.74) is 2.57. The first-order valence-electron chi connectivity index (χ1n) is 6.60. The van der Waals surface area contributed by atoms with Crippen LogP contribution in [0.25, 0.3) is 0 Å². The number of hydrogen-bond donors (Lipinski definition) is 1. The highest BCUT2D eigenvalue weighted by atomic mass is 16.5. The first kappa shape index (κ1) is 13.9. The Morgan fingerprint density at radius 1 is 1.45 bits per heavy atom. The van der Waals surface area contributed by atoms with Crippen molar-refractivity contribution in [2.24, 2.45) is 0 Å². The zero-order valence-electron chi connectivity index (χ0n) is 11.8. The number of aryl methyl sites for hydroxylation is 1. The van der Waals surface area contributed by atoms with Crippen molar-refractivity contribution >= 4 is 5.69 Å². The molecule has 20 heavy (non-hydrogen) atoms. The molecule has 0 unspecified atom stereocenters. The first-order chi connectivity index (χ1) is 9.76. The average molecular weight is 270 g/mol. The molecule has 1 aromatic carbocycles. The van der Waals surface area contributed by atoms with Gasteiger partial charge in [-0.15, -0.1) is 0 Å². The van der Waals surface area contributed by atoms with Gasteiger partial charge in [-0.2, -0.15) is 10.4 Å². The maximum Gasteiger partial charge on any atom is 0.143 e. The van der Waals surface area contributed by atoms with Crippen LogP contribution in [0.4, 0.5) is 5.69 Å². The molecule has 1 N–H and O–H groups in total. The summed E-state index contributed by atoms with van der Waals surface area (Å²) in [4.78, 5) is 0. The van der Waals surface area contributed by atoms with Crippen molar-refractivity contribution < 1.29 is 4.74 Å². The number of nitrogens with zero attached hydrogens (tertiary/aromatic N) is 3. The van der Waals surface area contributed by atoms with Gasteiger partial charge in [0.15, 0.2) is 0 Å². The molecule has 0 aliphatic heterocycles. The molecule has 5 nitrogen and oxygen atoms in total. The number of benzene rings is 1. The minimum Gasteiger partial charge on any atom is -0.495 e. The van der Waals surface area contributed by atoms with Crippen molar-refractivity contribution in [2.75, 3.05) is 12.4 Å². The molecule has 1 heterocycles. The van der Waals surface area contributed by atoms with E-state index in [4.69, 9.17) is 10.00 Å². The van der Waals surface area contributed by atoms with Crippen molar-refractivity contribution in [3.63, 3.8) is 0 Å². The molecule has 0 bridgehead atoms. The number of methoxy groups -OCH3 is 1. The van der Waals surface area contributed by atoms with Gasteiger partial charge in [0.25, 0.3) is 0 Å². The standard InChI is InChI=1S/C15H18N4O/c1-3-6-19-11-13(10-18-19)9-17-14-5-4-12(8-16)7-15(14)20-2/h4-5,7,10-11,17H,3,6,9H2,1-2H3. The van der Waals surface area contributed by atoms with Crippen LogP contribution in [0.3, 0.4) is 0 Å². The van der Waals surface area contributed by atoms with Crippen LogP contribution in [-0.2, 0) is 13.1 Å². The summed E-state index contributed by atoms with van der Waals surface area (Å²) in [6.07, 6.45) is 4.96. The van der Waals surface area contributed by atoms with E-state index in [1.165, 1.54) is 0 Å². The number of hydrogen-bond acceptors (Lipinski definition) is 4. The maximum atomic E-state index is 8.87. The van der Waals surface area contributed by atoms with Crippen LogP contribution in [0.1, 0.15) is 24.5 Å². The molecule has 104 valence electrons. The molecular formula is C15H18N4O. The molecule has 2 rings (SSSR count). The predicted octanol–water partition coefficient (Wildman–Crippen LogP) is 2.79. The number of ether oxygens (including phenoxy) is 1. The predicted molar refractivity (Wildman–Crippen MR) is 77.6 cm³/mol. The summed E-state index contributed by atoms with van der Waals surface area (Å²) in [6.45, 7) is 3.73. The van der Waals surface area contributed by atoms with Crippen LogP contribution in [0.15, 0.2) is 30.6 Å². The average Bonchev–Trinajstić information content (AvgIpc) is 2.93. The minimum absolute atomic E-state index is 0.586. The van der Waals surface area contributed by atoms with E-state index < -0.39 is 0 Å². The Bertz CT molecular complexity index is 613. The fourth-order valence-corrected chi connectivity index (χ4v) is 1.95. The number of nitriles is 1. The lowest BCUT2D eigenvalue weighted by molar-refractivity contribution is 0.416. The molecule has 0 aliphatic rings. The van der Waals surface area contributed by atoms with E-state index in [1.807, 2.05) is 23.1 Å². The summed E-state index contributed by atoms with van der Waals surface area (Å²) < 4.78 is 7.22. The summed E-state index contributed by atoms with van der Waals surface area (Å²) in [5, 5.41) is 16.5. The third-order valence-electron chi connectivity index (χ3n) is 2.95. The number of nitrogens with one attached hydrogen (secondary N) is 1. The van der Waals surface area contributed by atoms with Gasteiger partial charge in [-0.25, -0.2) is 0 Å². The van der Waals surface area contributed by atoms with Crippen molar-refractivity contribution in [1.29, 1.82) is 5.26 Å². The highest BCUT2D eigenvalue weighted by Crippen LogP contribution is 2.25. The monoisotopic (exact) mass is 270 g/mol. The quantitative estimate of drug-likeness (QED) is 0.876. The van der Waals surface area contributed by atoms with Gasteiger partial charge in [0.2, 0.25) is 0 Å². The van der Waals surface area contributed by atoms with Crippen LogP contribution < -0.4 is 10.1 Å². The SMILES string of the molecule is CCCn1cc(CNc2ccc(C#N)cc2OC)cn1. The number of rotatable bonds is 6. The van der Waals surface area contributed by atoms with Crippen molar-refractivity contribution in [2.45, 2.75) is 26.4 Å². The molecule has 0 atom stereocenters. The second-order valence-corrected chi connectivity index (χ2v) is 4.49. The highest BCUT2D eigenvalue weighted by molar-refractivity contribution is 5.59. The normalized spacial score (nSPS) is 10.1. The Hall–Kier alpha value is -2.48. The molecule has 1 aromatic heterocycles. The van der Waals surface area contributed by atoms with Gasteiger partial charge >= 0.3 is 0 Å². The van der Waals surface area contributed by atoms with E-state index in [0.29, 0.717) is 17.9 Å².